The van der Waals surface area contributed by atoms with Crippen LogP contribution in [0.3, 0.4) is 0 Å². The Morgan fingerprint density at radius 1 is 0.821 bits per heavy atom. The predicted octanol–water partition coefficient (Wildman–Crippen LogP) is 5.14. The molecule has 220 valence electrons. The molecular weight excluding hydrogens is 510 g/mol. The van der Waals surface area contributed by atoms with E-state index < -0.39 is 42.3 Å². The molecule has 0 fully saturated rings. The molecule has 39 heavy (non-hydrogen) atoms. The summed E-state index contributed by atoms with van der Waals surface area (Å²) in [4.78, 5) is 48.8. The maximum Gasteiger partial charge on any atom is 0.513 e. The van der Waals surface area contributed by atoms with E-state index in [0.29, 0.717) is 5.56 Å². The van der Waals surface area contributed by atoms with Gasteiger partial charge in [-0.05, 0) is 48.8 Å². The van der Waals surface area contributed by atoms with E-state index in [9.17, 15) is 24.3 Å². The first kappa shape index (κ1) is 33.7. The van der Waals surface area contributed by atoms with Gasteiger partial charge in [-0.1, -0.05) is 54.5 Å². The van der Waals surface area contributed by atoms with Crippen molar-refractivity contribution in [2.75, 3.05) is 13.2 Å². The fourth-order valence-corrected chi connectivity index (χ4v) is 3.27. The van der Waals surface area contributed by atoms with Crippen LogP contribution in [0.15, 0.2) is 18.2 Å². The Morgan fingerprint density at radius 2 is 1.33 bits per heavy atom. The zero-order chi connectivity index (χ0) is 29.9. The summed E-state index contributed by atoms with van der Waals surface area (Å²) in [6, 6.07) is 2.81. The van der Waals surface area contributed by atoms with Crippen molar-refractivity contribution in [2.24, 2.45) is 29.4 Å². The summed E-state index contributed by atoms with van der Waals surface area (Å²) in [5.74, 6) is -3.02. The number of hydrogen-bond donors (Lipinski definition) is 2. The molecule has 1 aromatic carbocycles. The second-order valence-electron chi connectivity index (χ2n) is 10.8. The minimum atomic E-state index is -1.38. The Morgan fingerprint density at radius 3 is 1.79 bits per heavy atom. The molecule has 1 rings (SSSR count). The van der Waals surface area contributed by atoms with Crippen LogP contribution in [0, 0.1) is 23.7 Å². The Labute approximate surface area is 230 Å². The summed E-state index contributed by atoms with van der Waals surface area (Å²) >= 11 is 0. The molecule has 0 aliphatic carbocycles. The zero-order valence-electron chi connectivity index (χ0n) is 24.1. The van der Waals surface area contributed by atoms with Gasteiger partial charge in [0.05, 0.1) is 25.2 Å². The van der Waals surface area contributed by atoms with E-state index in [1.807, 2.05) is 41.5 Å². The molecule has 1 aromatic rings. The normalized spacial score (nSPS) is 14.4. The highest BCUT2D eigenvalue weighted by molar-refractivity contribution is 5.75. The molecule has 11 nitrogen and oxygen atoms in total. The molecule has 0 saturated heterocycles. The minimum Gasteiger partial charge on any atom is -0.480 e. The topological polar surface area (TPSA) is 161 Å². The van der Waals surface area contributed by atoms with Crippen LogP contribution in [-0.2, 0) is 23.8 Å². The van der Waals surface area contributed by atoms with Crippen molar-refractivity contribution in [2.45, 2.75) is 79.9 Å². The molecule has 0 heterocycles. The van der Waals surface area contributed by atoms with E-state index in [0.717, 1.165) is 0 Å². The van der Waals surface area contributed by atoms with Gasteiger partial charge < -0.3 is 34.5 Å². The third-order valence-electron chi connectivity index (χ3n) is 5.85. The number of carbonyl (C=O) groups is 4. The first-order valence-corrected chi connectivity index (χ1v) is 13.1. The van der Waals surface area contributed by atoms with Crippen LogP contribution in [0.5, 0.6) is 11.5 Å². The fraction of sp³-hybridized carbons (Fsp3) is 0.643. The monoisotopic (exact) mass is 553 g/mol. The fourth-order valence-electron chi connectivity index (χ4n) is 3.27. The SMILES string of the molecule is CC(C)COC(=O)Oc1ccc(C(CC(C)OC(=O)C(C)C(C)C)[C@H](N)C(=O)O)cc1OC(=O)OCC(C)C. The third kappa shape index (κ3) is 11.9. The number of carboxylic acids is 1. The second kappa shape index (κ2) is 15.9. The lowest BCUT2D eigenvalue weighted by atomic mass is 9.87. The number of ether oxygens (including phenoxy) is 5. The largest absolute Gasteiger partial charge is 0.513 e. The van der Waals surface area contributed by atoms with E-state index in [4.69, 9.17) is 29.4 Å². The summed E-state index contributed by atoms with van der Waals surface area (Å²) in [6.45, 7) is 14.8. The molecule has 0 aromatic heterocycles. The third-order valence-corrected chi connectivity index (χ3v) is 5.85. The van der Waals surface area contributed by atoms with Gasteiger partial charge in [0.1, 0.15) is 6.04 Å². The molecule has 0 saturated carbocycles. The maximum atomic E-state index is 12.4. The van der Waals surface area contributed by atoms with Crippen molar-refractivity contribution >= 4 is 24.2 Å². The highest BCUT2D eigenvalue weighted by Gasteiger charge is 2.31. The number of carbonyl (C=O) groups excluding carboxylic acids is 3. The summed E-state index contributed by atoms with van der Waals surface area (Å²) in [5, 5.41) is 9.66. The van der Waals surface area contributed by atoms with Crippen molar-refractivity contribution < 1.29 is 48.0 Å². The number of hydrogen-bond acceptors (Lipinski definition) is 10. The molecule has 0 bridgehead atoms. The molecule has 3 N–H and O–H groups in total. The molecule has 0 amide bonds. The Kier molecular flexibility index (Phi) is 13.8. The van der Waals surface area contributed by atoms with Gasteiger partial charge in [-0.2, -0.15) is 0 Å². The molecule has 3 unspecified atom stereocenters. The van der Waals surface area contributed by atoms with Gasteiger partial charge in [-0.25, -0.2) is 9.59 Å². The second-order valence-corrected chi connectivity index (χ2v) is 10.8. The molecule has 0 aliphatic rings. The number of carboxylic acid groups (broad SMARTS) is 1. The van der Waals surface area contributed by atoms with Crippen molar-refractivity contribution in [3.05, 3.63) is 23.8 Å². The van der Waals surface area contributed by atoms with Gasteiger partial charge in [0.2, 0.25) is 0 Å². The van der Waals surface area contributed by atoms with Crippen LogP contribution in [0.25, 0.3) is 0 Å². The van der Waals surface area contributed by atoms with Crippen molar-refractivity contribution in [1.29, 1.82) is 0 Å². The lowest BCUT2D eigenvalue weighted by molar-refractivity contribution is -0.154. The van der Waals surface area contributed by atoms with E-state index in [1.54, 1.807) is 13.8 Å². The first-order chi connectivity index (χ1) is 18.1. The minimum absolute atomic E-state index is 0.0474. The van der Waals surface area contributed by atoms with E-state index in [1.165, 1.54) is 18.2 Å². The number of rotatable bonds is 14. The maximum absolute atomic E-state index is 12.4. The zero-order valence-corrected chi connectivity index (χ0v) is 24.1. The Bertz CT molecular complexity index is 975. The van der Waals surface area contributed by atoms with Gasteiger partial charge in [0.25, 0.3) is 0 Å². The summed E-state index contributed by atoms with van der Waals surface area (Å²) in [6.07, 6.45) is -2.64. The number of aliphatic carboxylic acids is 1. The first-order valence-electron chi connectivity index (χ1n) is 13.1. The lowest BCUT2D eigenvalue weighted by Gasteiger charge is -2.26. The van der Waals surface area contributed by atoms with E-state index in [2.05, 4.69) is 0 Å². The van der Waals surface area contributed by atoms with Crippen LogP contribution < -0.4 is 15.2 Å². The van der Waals surface area contributed by atoms with Crippen molar-refractivity contribution in [3.63, 3.8) is 0 Å². The predicted molar refractivity (Wildman–Crippen MR) is 143 cm³/mol. The smallest absolute Gasteiger partial charge is 0.480 e. The summed E-state index contributed by atoms with van der Waals surface area (Å²) in [7, 11) is 0. The van der Waals surface area contributed by atoms with Gasteiger partial charge in [-0.15, -0.1) is 0 Å². The average Bonchev–Trinajstić information content (AvgIpc) is 2.84. The molecule has 0 spiro atoms. The van der Waals surface area contributed by atoms with Crippen LogP contribution in [0.1, 0.15) is 73.3 Å². The van der Waals surface area contributed by atoms with Gasteiger partial charge in [0.15, 0.2) is 11.5 Å². The van der Waals surface area contributed by atoms with Gasteiger partial charge in [-0.3, -0.25) is 9.59 Å². The van der Waals surface area contributed by atoms with Crippen molar-refractivity contribution in [1.82, 2.24) is 0 Å². The number of benzene rings is 1. The quantitative estimate of drug-likeness (QED) is 0.178. The molecule has 0 aliphatic heterocycles. The van der Waals surface area contributed by atoms with E-state index in [-0.39, 0.29) is 54.8 Å². The molecule has 4 atom stereocenters. The van der Waals surface area contributed by atoms with Crippen LogP contribution in [0.4, 0.5) is 9.59 Å². The molecule has 11 heteroatoms. The van der Waals surface area contributed by atoms with Crippen LogP contribution >= 0.6 is 0 Å². The van der Waals surface area contributed by atoms with Gasteiger partial charge >= 0.3 is 24.2 Å². The van der Waals surface area contributed by atoms with Crippen LogP contribution in [0.2, 0.25) is 0 Å². The highest BCUT2D eigenvalue weighted by Crippen LogP contribution is 2.35. The highest BCUT2D eigenvalue weighted by atomic mass is 16.7. The summed E-state index contributed by atoms with van der Waals surface area (Å²) < 4.78 is 26.2. The number of esters is 1. The Hall–Kier alpha value is -3.34. The Balaban J connectivity index is 3.32. The van der Waals surface area contributed by atoms with Gasteiger partial charge in [0, 0.05) is 5.92 Å². The molecular formula is C28H43NO10. The van der Waals surface area contributed by atoms with Crippen LogP contribution in [-0.4, -0.2) is 54.7 Å². The lowest BCUT2D eigenvalue weighted by Crippen LogP contribution is -2.38. The molecule has 0 radical (unpaired) electrons. The number of nitrogens with two attached hydrogens (primary N) is 1. The van der Waals surface area contributed by atoms with E-state index >= 15 is 0 Å². The standard InChI is InChI=1S/C28H43NO10/c1-15(2)13-35-27(33)38-22-10-9-20(12-23(22)39-28(34)36-14-16(3)4)21(24(29)25(30)31)11-18(7)37-26(32)19(8)17(5)6/h9-10,12,15-19,21,24H,11,13-14,29H2,1-8H3,(H,30,31)/t18?,19?,21?,24-/m0/s1. The average molecular weight is 554 g/mol. The van der Waals surface area contributed by atoms with Crippen molar-refractivity contribution in [3.8, 4) is 11.5 Å². The summed E-state index contributed by atoms with van der Waals surface area (Å²) in [5.41, 5.74) is 6.38.